The third kappa shape index (κ3) is 6.55. The van der Waals surface area contributed by atoms with Gasteiger partial charge in [0.2, 0.25) is 0 Å². The van der Waals surface area contributed by atoms with E-state index in [-0.39, 0.29) is 24.7 Å². The number of hydrogen-bond donors (Lipinski definition) is 1. The summed E-state index contributed by atoms with van der Waals surface area (Å²) < 4.78 is 82.3. The third-order valence-corrected chi connectivity index (χ3v) is 6.55. The predicted octanol–water partition coefficient (Wildman–Crippen LogP) is 4.24. The highest BCUT2D eigenvalue weighted by atomic mass is 32.2. The first-order valence-corrected chi connectivity index (χ1v) is 12.9. The van der Waals surface area contributed by atoms with E-state index in [1.54, 1.807) is 18.2 Å². The standard InChI is InChI=1S/C22H18F3N3O7S2/c1-32-17-9-14(7-8-15(17)19-27-21(29)35-28-19)33-11-18-16(10-34-37(2,30)31)26-20(36-18)12-3-5-13(6-4-12)22(23,24)25/h3-9H,10-11H2,1-2H3,(H,27,28,29). The van der Waals surface area contributed by atoms with Crippen molar-refractivity contribution < 1.29 is 39.8 Å². The molecule has 37 heavy (non-hydrogen) atoms. The van der Waals surface area contributed by atoms with Gasteiger partial charge in [0.25, 0.3) is 10.1 Å². The second-order valence-electron chi connectivity index (χ2n) is 7.52. The summed E-state index contributed by atoms with van der Waals surface area (Å²) in [7, 11) is -2.36. The molecule has 0 spiro atoms. The third-order valence-electron chi connectivity index (χ3n) is 4.89. The van der Waals surface area contributed by atoms with E-state index < -0.39 is 27.6 Å². The van der Waals surface area contributed by atoms with Crippen LogP contribution in [0.15, 0.2) is 51.8 Å². The quantitative estimate of drug-likeness (QED) is 0.300. The van der Waals surface area contributed by atoms with Crippen molar-refractivity contribution in [2.75, 3.05) is 13.4 Å². The van der Waals surface area contributed by atoms with Crippen LogP contribution >= 0.6 is 11.3 Å². The van der Waals surface area contributed by atoms with Crippen molar-refractivity contribution in [1.82, 2.24) is 15.1 Å². The van der Waals surface area contributed by atoms with Gasteiger partial charge in [0, 0.05) is 11.6 Å². The maximum absolute atomic E-state index is 12.9. The van der Waals surface area contributed by atoms with Gasteiger partial charge in [-0.25, -0.2) is 9.78 Å². The molecule has 10 nitrogen and oxygen atoms in total. The molecule has 0 bridgehead atoms. The summed E-state index contributed by atoms with van der Waals surface area (Å²) in [5.41, 5.74) is 0.320. The van der Waals surface area contributed by atoms with Crippen LogP contribution in [-0.2, 0) is 33.7 Å². The van der Waals surface area contributed by atoms with Gasteiger partial charge in [-0.15, -0.1) is 11.3 Å². The smallest absolute Gasteiger partial charge is 0.439 e. The lowest BCUT2D eigenvalue weighted by atomic mass is 10.1. The number of nitrogens with one attached hydrogen (secondary N) is 1. The number of hydrogen-bond acceptors (Lipinski definition) is 10. The van der Waals surface area contributed by atoms with Gasteiger partial charge in [-0.3, -0.25) is 13.7 Å². The molecule has 15 heteroatoms. The molecule has 0 radical (unpaired) electrons. The summed E-state index contributed by atoms with van der Waals surface area (Å²) in [4.78, 5) is 18.5. The zero-order valence-electron chi connectivity index (χ0n) is 19.2. The van der Waals surface area contributed by atoms with Crippen LogP contribution < -0.4 is 15.2 Å². The zero-order valence-corrected chi connectivity index (χ0v) is 20.8. The molecule has 0 unspecified atom stereocenters. The summed E-state index contributed by atoms with van der Waals surface area (Å²) in [6.07, 6.45) is -3.59. The predicted molar refractivity (Wildman–Crippen MR) is 126 cm³/mol. The average Bonchev–Trinajstić information content (AvgIpc) is 3.46. The molecular weight excluding hydrogens is 539 g/mol. The molecule has 4 rings (SSSR count). The van der Waals surface area contributed by atoms with E-state index >= 15 is 0 Å². The minimum absolute atomic E-state index is 0.0515. The van der Waals surface area contributed by atoms with Gasteiger partial charge in [-0.05, 0) is 24.3 Å². The Morgan fingerprint density at radius 1 is 1.11 bits per heavy atom. The van der Waals surface area contributed by atoms with E-state index in [9.17, 15) is 26.4 Å². The van der Waals surface area contributed by atoms with Crippen molar-refractivity contribution in [1.29, 1.82) is 0 Å². The Morgan fingerprint density at radius 3 is 2.43 bits per heavy atom. The highest BCUT2D eigenvalue weighted by molar-refractivity contribution is 7.85. The van der Waals surface area contributed by atoms with Crippen LogP contribution in [0.4, 0.5) is 13.2 Å². The lowest BCUT2D eigenvalue weighted by Crippen LogP contribution is -2.05. The van der Waals surface area contributed by atoms with Gasteiger partial charge >= 0.3 is 11.9 Å². The Balaban J connectivity index is 1.59. The molecule has 0 aliphatic heterocycles. The number of aromatic amines is 1. The molecule has 2 heterocycles. The molecule has 0 aliphatic carbocycles. The highest BCUT2D eigenvalue weighted by Crippen LogP contribution is 2.35. The number of alkyl halides is 3. The number of nitrogens with zero attached hydrogens (tertiary/aromatic N) is 2. The Labute approximate surface area is 211 Å². The lowest BCUT2D eigenvalue weighted by molar-refractivity contribution is -0.137. The molecule has 0 saturated carbocycles. The normalized spacial score (nSPS) is 12.0. The molecule has 4 aromatic rings. The van der Waals surface area contributed by atoms with Crippen LogP contribution in [0.5, 0.6) is 11.5 Å². The first-order valence-electron chi connectivity index (χ1n) is 10.3. The maximum atomic E-state index is 12.9. The monoisotopic (exact) mass is 557 g/mol. The minimum atomic E-state index is -4.48. The molecule has 2 aromatic heterocycles. The van der Waals surface area contributed by atoms with Crippen LogP contribution in [0.1, 0.15) is 16.1 Å². The maximum Gasteiger partial charge on any atom is 0.439 e. The molecule has 0 atom stereocenters. The van der Waals surface area contributed by atoms with Crippen LogP contribution in [-0.4, -0.2) is 36.9 Å². The zero-order chi connectivity index (χ0) is 26.8. The number of rotatable bonds is 9. The number of thiazole rings is 1. The van der Waals surface area contributed by atoms with Gasteiger partial charge in [0.05, 0.1) is 35.1 Å². The lowest BCUT2D eigenvalue weighted by Gasteiger charge is -2.10. The van der Waals surface area contributed by atoms with Crippen molar-refractivity contribution in [3.63, 3.8) is 0 Å². The molecule has 0 amide bonds. The fraction of sp³-hybridized carbons (Fsp3) is 0.227. The van der Waals surface area contributed by atoms with E-state index in [2.05, 4.69) is 19.6 Å². The largest absolute Gasteiger partial charge is 0.496 e. The fourth-order valence-electron chi connectivity index (χ4n) is 3.15. The molecule has 0 aliphatic rings. The summed E-state index contributed by atoms with van der Waals surface area (Å²) in [5.74, 6) is 0.135. The summed E-state index contributed by atoms with van der Waals surface area (Å²) in [6.45, 7) is -0.430. The van der Waals surface area contributed by atoms with Crippen LogP contribution in [0, 0.1) is 0 Å². The average molecular weight is 558 g/mol. The summed E-state index contributed by atoms with van der Waals surface area (Å²) >= 11 is 1.12. The molecule has 2 aromatic carbocycles. The van der Waals surface area contributed by atoms with Crippen LogP contribution in [0.2, 0.25) is 0 Å². The van der Waals surface area contributed by atoms with E-state index in [0.29, 0.717) is 32.5 Å². The molecule has 0 fully saturated rings. The fourth-order valence-corrected chi connectivity index (χ4v) is 4.46. The van der Waals surface area contributed by atoms with Crippen LogP contribution in [0.25, 0.3) is 22.0 Å². The van der Waals surface area contributed by atoms with Gasteiger partial charge in [0.15, 0.2) is 5.82 Å². The summed E-state index contributed by atoms with van der Waals surface area (Å²) in [5, 5.41) is 3.99. The first-order chi connectivity index (χ1) is 17.4. The number of ether oxygens (including phenoxy) is 2. The van der Waals surface area contributed by atoms with Crippen LogP contribution in [0.3, 0.4) is 0 Å². The molecule has 196 valence electrons. The molecular formula is C22H18F3N3O7S2. The second-order valence-corrected chi connectivity index (χ2v) is 10.3. The second kappa shape index (κ2) is 10.4. The summed E-state index contributed by atoms with van der Waals surface area (Å²) in [6, 6.07) is 9.18. The topological polar surface area (TPSA) is 134 Å². The Hall–Kier alpha value is -3.69. The first kappa shape index (κ1) is 26.4. The highest BCUT2D eigenvalue weighted by Gasteiger charge is 2.30. The molecule has 1 N–H and O–H groups in total. The SMILES string of the molecule is COc1cc(OCc2sc(-c3ccc(C(F)(F)F)cc3)nc2COS(C)(=O)=O)ccc1-c1noc(=O)[nH]1. The van der Waals surface area contributed by atoms with E-state index in [1.807, 2.05) is 0 Å². The van der Waals surface area contributed by atoms with Gasteiger partial charge in [-0.1, -0.05) is 17.3 Å². The van der Waals surface area contributed by atoms with Crippen molar-refractivity contribution in [3.8, 4) is 33.5 Å². The van der Waals surface area contributed by atoms with Crippen molar-refractivity contribution >= 4 is 21.5 Å². The molecule has 0 saturated heterocycles. The Morgan fingerprint density at radius 2 is 1.84 bits per heavy atom. The van der Waals surface area contributed by atoms with E-state index in [4.69, 9.17) is 13.7 Å². The van der Waals surface area contributed by atoms with Gasteiger partial charge in [0.1, 0.15) is 29.7 Å². The number of halogens is 3. The van der Waals surface area contributed by atoms with E-state index in [0.717, 1.165) is 29.7 Å². The van der Waals surface area contributed by atoms with Gasteiger partial charge < -0.3 is 9.47 Å². The van der Waals surface area contributed by atoms with Crippen molar-refractivity contribution in [3.05, 3.63) is 69.1 Å². The number of H-pyrrole nitrogens is 1. The minimum Gasteiger partial charge on any atom is -0.496 e. The van der Waals surface area contributed by atoms with Crippen molar-refractivity contribution in [2.24, 2.45) is 0 Å². The number of methoxy groups -OCH3 is 1. The number of benzene rings is 2. The van der Waals surface area contributed by atoms with E-state index in [1.165, 1.54) is 19.2 Å². The Bertz CT molecular complexity index is 1560. The van der Waals surface area contributed by atoms with Crippen molar-refractivity contribution in [2.45, 2.75) is 19.4 Å². The van der Waals surface area contributed by atoms with Gasteiger partial charge in [-0.2, -0.15) is 21.6 Å². The number of aromatic nitrogens is 3. The Kier molecular flexibility index (Phi) is 7.38.